The van der Waals surface area contributed by atoms with Crippen molar-refractivity contribution < 1.29 is 17.9 Å². The van der Waals surface area contributed by atoms with Crippen molar-refractivity contribution in [2.45, 2.75) is 32.2 Å². The third-order valence-electron chi connectivity index (χ3n) is 2.47. The molecule has 0 atom stereocenters. The van der Waals surface area contributed by atoms with Gasteiger partial charge in [0.2, 0.25) is 0 Å². The topological polar surface area (TPSA) is 21.3 Å². The molecule has 0 aliphatic heterocycles. The lowest BCUT2D eigenvalue weighted by Gasteiger charge is -2.09. The zero-order valence-corrected chi connectivity index (χ0v) is 12.6. The van der Waals surface area contributed by atoms with Crippen LogP contribution in [0.25, 0.3) is 0 Å². The molecule has 0 spiro atoms. The lowest BCUT2D eigenvalue weighted by atomic mass is 10.2. The smallest absolute Gasteiger partial charge is 0.406 e. The maximum absolute atomic E-state index is 12.0. The van der Waals surface area contributed by atoms with Crippen LogP contribution in [-0.4, -0.2) is 17.3 Å². The van der Waals surface area contributed by atoms with Crippen molar-refractivity contribution in [3.05, 3.63) is 29.8 Å². The van der Waals surface area contributed by atoms with Gasteiger partial charge in [0.05, 0.1) is 0 Å². The molecular formula is C13H17F3INO. The van der Waals surface area contributed by atoms with Gasteiger partial charge in [-0.3, -0.25) is 0 Å². The van der Waals surface area contributed by atoms with Crippen LogP contribution in [0.3, 0.4) is 0 Å². The SMILES string of the molecule is FC(F)(F)Oc1ccc(CNCCCCCI)cc1. The van der Waals surface area contributed by atoms with E-state index in [1.54, 1.807) is 12.1 Å². The van der Waals surface area contributed by atoms with Gasteiger partial charge in [-0.1, -0.05) is 41.1 Å². The molecule has 0 aromatic heterocycles. The summed E-state index contributed by atoms with van der Waals surface area (Å²) in [5.41, 5.74) is 0.948. The van der Waals surface area contributed by atoms with Crippen LogP contribution in [0.2, 0.25) is 0 Å². The van der Waals surface area contributed by atoms with E-state index in [1.165, 1.54) is 29.4 Å². The maximum atomic E-state index is 12.0. The van der Waals surface area contributed by atoms with Crippen LogP contribution in [0.5, 0.6) is 5.75 Å². The normalized spacial score (nSPS) is 11.6. The number of alkyl halides is 4. The van der Waals surface area contributed by atoms with Crippen LogP contribution in [-0.2, 0) is 6.54 Å². The molecule has 108 valence electrons. The quantitative estimate of drug-likeness (QED) is 0.409. The summed E-state index contributed by atoms with van der Waals surface area (Å²) in [5, 5.41) is 3.26. The molecule has 0 bridgehead atoms. The number of halogens is 4. The molecule has 1 aromatic rings. The van der Waals surface area contributed by atoms with E-state index in [4.69, 9.17) is 0 Å². The average molecular weight is 387 g/mol. The molecule has 2 nitrogen and oxygen atoms in total. The first kappa shape index (κ1) is 16.6. The number of rotatable bonds is 8. The monoisotopic (exact) mass is 387 g/mol. The summed E-state index contributed by atoms with van der Waals surface area (Å²) in [5.74, 6) is -0.182. The highest BCUT2D eigenvalue weighted by Crippen LogP contribution is 2.22. The minimum atomic E-state index is -4.63. The number of ether oxygens (including phenoxy) is 1. The molecule has 19 heavy (non-hydrogen) atoms. The van der Waals surface area contributed by atoms with Crippen LogP contribution < -0.4 is 10.1 Å². The standard InChI is InChI=1S/C13H17F3INO/c14-13(15,16)19-12-6-4-11(5-7-12)10-18-9-3-1-2-8-17/h4-7,18H,1-3,8-10H2. The van der Waals surface area contributed by atoms with Gasteiger partial charge in [-0.15, -0.1) is 13.2 Å². The Morgan fingerprint density at radius 3 is 2.32 bits per heavy atom. The predicted octanol–water partition coefficient (Wildman–Crippen LogP) is 4.28. The molecule has 0 radical (unpaired) electrons. The fraction of sp³-hybridized carbons (Fsp3) is 0.538. The van der Waals surface area contributed by atoms with Crippen LogP contribution in [0.4, 0.5) is 13.2 Å². The molecule has 0 heterocycles. The minimum Gasteiger partial charge on any atom is -0.406 e. The van der Waals surface area contributed by atoms with Crippen molar-refractivity contribution in [3.63, 3.8) is 0 Å². The van der Waals surface area contributed by atoms with Gasteiger partial charge in [-0.25, -0.2) is 0 Å². The van der Waals surface area contributed by atoms with Gasteiger partial charge in [0.1, 0.15) is 5.75 Å². The van der Waals surface area contributed by atoms with Crippen LogP contribution >= 0.6 is 22.6 Å². The Hall–Kier alpha value is -0.500. The van der Waals surface area contributed by atoms with Gasteiger partial charge >= 0.3 is 6.36 Å². The second kappa shape index (κ2) is 8.63. The molecule has 0 fully saturated rings. The summed E-state index contributed by atoms with van der Waals surface area (Å²) >= 11 is 2.36. The molecule has 1 rings (SSSR count). The Morgan fingerprint density at radius 1 is 1.05 bits per heavy atom. The Labute approximate surface area is 124 Å². The maximum Gasteiger partial charge on any atom is 0.573 e. The van der Waals surface area contributed by atoms with E-state index in [0.717, 1.165) is 18.5 Å². The van der Waals surface area contributed by atoms with Gasteiger partial charge < -0.3 is 10.1 Å². The predicted molar refractivity (Wildman–Crippen MR) is 77.6 cm³/mol. The fourth-order valence-electron chi connectivity index (χ4n) is 1.56. The van der Waals surface area contributed by atoms with Crippen molar-refractivity contribution in [3.8, 4) is 5.75 Å². The Balaban J connectivity index is 2.25. The number of unbranched alkanes of at least 4 members (excludes halogenated alkanes) is 2. The third-order valence-corrected chi connectivity index (χ3v) is 3.24. The molecule has 1 N–H and O–H groups in total. The van der Waals surface area contributed by atoms with E-state index < -0.39 is 6.36 Å². The highest BCUT2D eigenvalue weighted by atomic mass is 127. The summed E-state index contributed by atoms with van der Waals surface area (Å²) in [6.07, 6.45) is -1.07. The molecule has 0 unspecified atom stereocenters. The van der Waals surface area contributed by atoms with E-state index >= 15 is 0 Å². The highest BCUT2D eigenvalue weighted by molar-refractivity contribution is 14.1. The summed E-state index contributed by atoms with van der Waals surface area (Å²) < 4.78 is 40.9. The van der Waals surface area contributed by atoms with Crippen molar-refractivity contribution >= 4 is 22.6 Å². The van der Waals surface area contributed by atoms with E-state index in [1.807, 2.05) is 0 Å². The van der Waals surface area contributed by atoms with Gasteiger partial charge in [0.15, 0.2) is 0 Å². The summed E-state index contributed by atoms with van der Waals surface area (Å²) in [4.78, 5) is 0. The van der Waals surface area contributed by atoms with Crippen molar-refractivity contribution in [1.82, 2.24) is 5.32 Å². The van der Waals surface area contributed by atoms with Crippen LogP contribution in [0.1, 0.15) is 24.8 Å². The van der Waals surface area contributed by atoms with E-state index in [-0.39, 0.29) is 5.75 Å². The van der Waals surface area contributed by atoms with Gasteiger partial charge in [0.25, 0.3) is 0 Å². The molecular weight excluding hydrogens is 370 g/mol. The molecule has 0 aliphatic rings. The van der Waals surface area contributed by atoms with Gasteiger partial charge in [-0.05, 0) is 41.5 Å². The Bertz CT molecular complexity index is 354. The second-order valence-electron chi connectivity index (χ2n) is 4.12. The van der Waals surface area contributed by atoms with E-state index in [9.17, 15) is 13.2 Å². The molecule has 0 aliphatic carbocycles. The largest absolute Gasteiger partial charge is 0.573 e. The number of benzene rings is 1. The number of nitrogens with one attached hydrogen (secondary N) is 1. The van der Waals surface area contributed by atoms with Crippen LogP contribution in [0, 0.1) is 0 Å². The van der Waals surface area contributed by atoms with Crippen molar-refractivity contribution in [1.29, 1.82) is 0 Å². The first-order valence-corrected chi connectivity index (χ1v) is 7.65. The van der Waals surface area contributed by atoms with Crippen molar-refractivity contribution in [2.24, 2.45) is 0 Å². The third kappa shape index (κ3) is 8.30. The van der Waals surface area contributed by atoms with E-state index in [2.05, 4.69) is 32.6 Å². The first-order chi connectivity index (χ1) is 9.01. The van der Waals surface area contributed by atoms with Crippen LogP contribution in [0.15, 0.2) is 24.3 Å². The first-order valence-electron chi connectivity index (χ1n) is 6.12. The van der Waals surface area contributed by atoms with Gasteiger partial charge in [0, 0.05) is 6.54 Å². The summed E-state index contributed by atoms with van der Waals surface area (Å²) in [6, 6.07) is 5.94. The fourth-order valence-corrected chi connectivity index (χ4v) is 2.10. The lowest BCUT2D eigenvalue weighted by molar-refractivity contribution is -0.274. The molecule has 6 heteroatoms. The molecule has 0 saturated carbocycles. The number of hydrogen-bond donors (Lipinski definition) is 1. The Morgan fingerprint density at radius 2 is 1.74 bits per heavy atom. The average Bonchev–Trinajstić information content (AvgIpc) is 2.34. The second-order valence-corrected chi connectivity index (χ2v) is 5.20. The lowest BCUT2D eigenvalue weighted by Crippen LogP contribution is -2.17. The molecule has 0 saturated heterocycles. The summed E-state index contributed by atoms with van der Waals surface area (Å²) in [7, 11) is 0. The highest BCUT2D eigenvalue weighted by Gasteiger charge is 2.30. The van der Waals surface area contributed by atoms with E-state index in [0.29, 0.717) is 6.54 Å². The molecule has 1 aromatic carbocycles. The molecule has 0 amide bonds. The summed E-state index contributed by atoms with van der Waals surface area (Å²) in [6.45, 7) is 1.59. The zero-order valence-electron chi connectivity index (χ0n) is 10.5. The minimum absolute atomic E-state index is 0.182. The van der Waals surface area contributed by atoms with Crippen molar-refractivity contribution in [2.75, 3.05) is 11.0 Å². The van der Waals surface area contributed by atoms with Gasteiger partial charge in [-0.2, -0.15) is 0 Å². The number of hydrogen-bond acceptors (Lipinski definition) is 2. The Kier molecular flexibility index (Phi) is 7.52. The zero-order chi connectivity index (χ0) is 14.1.